The number of rotatable bonds is 3. The smallest absolute Gasteiger partial charge is 0.250 e. The molecule has 0 radical (unpaired) electrons. The number of anilines is 1. The fraction of sp³-hybridized carbons (Fsp3) is 0.250. The minimum Gasteiger partial charge on any atom is -0.284 e. The molecular weight excluding hydrogens is 477 g/mol. The maximum Gasteiger partial charge on any atom is 0.250 e. The van der Waals surface area contributed by atoms with Crippen LogP contribution in [0.3, 0.4) is 0 Å². The lowest BCUT2D eigenvalue weighted by atomic mass is 10.2. The minimum absolute atomic E-state index is 0.0866. The molecule has 0 aliphatic rings. The van der Waals surface area contributed by atoms with Crippen molar-refractivity contribution in [2.75, 3.05) is 11.0 Å². The maximum atomic E-state index is 11.2. The van der Waals surface area contributed by atoms with Crippen LogP contribution in [0.15, 0.2) is 24.3 Å². The number of halogens is 6. The zero-order valence-corrected chi connectivity index (χ0v) is 17.5. The third kappa shape index (κ3) is 6.13. The first kappa shape index (κ1) is 21.0. The quantitative estimate of drug-likeness (QED) is 0.645. The van der Waals surface area contributed by atoms with Gasteiger partial charge < -0.3 is 0 Å². The van der Waals surface area contributed by atoms with Crippen LogP contribution in [-0.4, -0.2) is 29.6 Å². The molecule has 0 atom stereocenters. The van der Waals surface area contributed by atoms with E-state index < -0.39 is 17.6 Å². The molecule has 2 rings (SSSR count). The molecule has 1 aromatic carbocycles. The molecule has 0 amide bonds. The molecule has 0 aliphatic heterocycles. The van der Waals surface area contributed by atoms with Gasteiger partial charge in [-0.1, -0.05) is 69.6 Å². The van der Waals surface area contributed by atoms with E-state index in [1.807, 2.05) is 0 Å². The fourth-order valence-electron chi connectivity index (χ4n) is 1.66. The van der Waals surface area contributed by atoms with Gasteiger partial charge in [0, 0.05) is 11.3 Å². The average molecular weight is 485 g/mol. The summed E-state index contributed by atoms with van der Waals surface area (Å²) in [6.07, 6.45) is 1.04. The van der Waals surface area contributed by atoms with Crippen molar-refractivity contribution in [2.24, 2.45) is 0 Å². The molecule has 1 aromatic heterocycles. The highest BCUT2D eigenvalue weighted by atomic mass is 35.6. The van der Waals surface area contributed by atoms with Crippen LogP contribution in [0.2, 0.25) is 0 Å². The number of hydrogen-bond acceptors (Lipinski definition) is 5. The third-order valence-electron chi connectivity index (χ3n) is 2.59. The first-order valence-corrected chi connectivity index (χ1v) is 10.4. The summed E-state index contributed by atoms with van der Waals surface area (Å²) in [6, 6.07) is 6.11. The van der Waals surface area contributed by atoms with Crippen LogP contribution >= 0.6 is 69.6 Å². The molecular formula is C12H8Cl6N4O2S. The maximum absolute atomic E-state index is 11.2. The second-order valence-corrected chi connectivity index (χ2v) is 11.1. The van der Waals surface area contributed by atoms with E-state index in [0.29, 0.717) is 11.3 Å². The van der Waals surface area contributed by atoms with Gasteiger partial charge in [-0.05, 0) is 24.3 Å². The Morgan fingerprint density at radius 2 is 1.28 bits per heavy atom. The van der Waals surface area contributed by atoms with Gasteiger partial charge in [-0.2, -0.15) is 0 Å². The highest BCUT2D eigenvalue weighted by Gasteiger charge is 2.34. The Balaban J connectivity index is 2.51. The Kier molecular flexibility index (Phi) is 6.21. The SMILES string of the molecule is CS(=O)(=O)Nc1ccc(-c2nc(C(Cl)(Cl)Cl)nc(C(Cl)(Cl)Cl)n2)cc1. The van der Waals surface area contributed by atoms with Crippen molar-refractivity contribution in [3.63, 3.8) is 0 Å². The Morgan fingerprint density at radius 1 is 0.840 bits per heavy atom. The van der Waals surface area contributed by atoms with Crippen molar-refractivity contribution >= 4 is 85.3 Å². The van der Waals surface area contributed by atoms with Crippen molar-refractivity contribution in [2.45, 2.75) is 7.59 Å². The number of hydrogen-bond donors (Lipinski definition) is 1. The predicted octanol–water partition coefficient (Wildman–Crippen LogP) is 4.56. The summed E-state index contributed by atoms with van der Waals surface area (Å²) in [4.78, 5) is 12.0. The zero-order chi connectivity index (χ0) is 19.0. The van der Waals surface area contributed by atoms with Gasteiger partial charge in [-0.15, -0.1) is 0 Å². The summed E-state index contributed by atoms with van der Waals surface area (Å²) in [7, 11) is -3.40. The van der Waals surface area contributed by atoms with E-state index in [1.165, 1.54) is 12.1 Å². The number of aromatic nitrogens is 3. The summed E-state index contributed by atoms with van der Waals surface area (Å²) in [5.74, 6) is -0.354. The van der Waals surface area contributed by atoms with Gasteiger partial charge in [0.15, 0.2) is 17.5 Å². The molecule has 0 spiro atoms. The Bertz CT molecular complexity index is 846. The molecule has 25 heavy (non-hydrogen) atoms. The van der Waals surface area contributed by atoms with E-state index in [2.05, 4.69) is 19.7 Å². The highest BCUT2D eigenvalue weighted by Crippen LogP contribution is 2.40. The van der Waals surface area contributed by atoms with E-state index in [4.69, 9.17) is 69.6 Å². The van der Waals surface area contributed by atoms with Gasteiger partial charge in [0.05, 0.1) is 6.26 Å². The van der Waals surface area contributed by atoms with Crippen molar-refractivity contribution in [1.82, 2.24) is 15.0 Å². The summed E-state index contributed by atoms with van der Waals surface area (Å²) < 4.78 is 20.9. The van der Waals surface area contributed by atoms with Crippen LogP contribution in [-0.2, 0) is 17.6 Å². The Labute approximate surface area is 173 Å². The van der Waals surface area contributed by atoms with E-state index >= 15 is 0 Å². The van der Waals surface area contributed by atoms with Crippen LogP contribution in [0.25, 0.3) is 11.4 Å². The van der Waals surface area contributed by atoms with Crippen molar-refractivity contribution < 1.29 is 8.42 Å². The van der Waals surface area contributed by atoms with Crippen molar-refractivity contribution in [3.8, 4) is 11.4 Å². The van der Waals surface area contributed by atoms with E-state index in [-0.39, 0.29) is 17.5 Å². The average Bonchev–Trinajstić information content (AvgIpc) is 2.44. The lowest BCUT2D eigenvalue weighted by Crippen LogP contribution is -2.16. The van der Waals surface area contributed by atoms with Crippen LogP contribution in [0.1, 0.15) is 11.6 Å². The van der Waals surface area contributed by atoms with Gasteiger partial charge in [0.2, 0.25) is 17.6 Å². The number of nitrogens with zero attached hydrogens (tertiary/aromatic N) is 3. The molecule has 0 saturated heterocycles. The molecule has 2 aromatic rings. The molecule has 0 fully saturated rings. The molecule has 0 aliphatic carbocycles. The fourth-order valence-corrected chi connectivity index (χ4v) is 2.73. The summed E-state index contributed by atoms with van der Waals surface area (Å²) in [5.41, 5.74) is 0.816. The van der Waals surface area contributed by atoms with Gasteiger partial charge >= 0.3 is 0 Å². The first-order valence-electron chi connectivity index (χ1n) is 6.24. The lowest BCUT2D eigenvalue weighted by Gasteiger charge is -2.15. The number of sulfonamides is 1. The van der Waals surface area contributed by atoms with Crippen LogP contribution < -0.4 is 4.72 Å². The second-order valence-electron chi connectivity index (χ2n) is 4.75. The number of benzene rings is 1. The standard InChI is InChI=1S/C12H8Cl6N4O2S/c1-25(23,24)22-7-4-2-6(3-5-7)8-19-9(11(13,14)15)21-10(20-8)12(16,17)18/h2-5,22H,1H3. The molecule has 6 nitrogen and oxygen atoms in total. The summed E-state index contributed by atoms with van der Waals surface area (Å²) in [5, 5.41) is 0. The lowest BCUT2D eigenvalue weighted by molar-refractivity contribution is 0.607. The molecule has 1 heterocycles. The van der Waals surface area contributed by atoms with Crippen LogP contribution in [0, 0.1) is 0 Å². The van der Waals surface area contributed by atoms with E-state index in [9.17, 15) is 8.42 Å². The highest BCUT2D eigenvalue weighted by molar-refractivity contribution is 7.92. The van der Waals surface area contributed by atoms with E-state index in [1.54, 1.807) is 12.1 Å². The minimum atomic E-state index is -3.40. The normalized spacial score (nSPS) is 12.9. The topological polar surface area (TPSA) is 84.8 Å². The molecule has 0 unspecified atom stereocenters. The predicted molar refractivity (Wildman–Crippen MR) is 102 cm³/mol. The monoisotopic (exact) mass is 482 g/mol. The second kappa shape index (κ2) is 7.38. The van der Waals surface area contributed by atoms with Crippen LogP contribution in [0.5, 0.6) is 0 Å². The molecule has 1 N–H and O–H groups in total. The van der Waals surface area contributed by atoms with Gasteiger partial charge in [-0.3, -0.25) is 4.72 Å². The van der Waals surface area contributed by atoms with Crippen LogP contribution in [0.4, 0.5) is 5.69 Å². The van der Waals surface area contributed by atoms with Gasteiger partial charge in [0.25, 0.3) is 0 Å². The third-order valence-corrected chi connectivity index (χ3v) is 4.21. The van der Waals surface area contributed by atoms with Crippen molar-refractivity contribution in [1.29, 1.82) is 0 Å². The largest absolute Gasteiger partial charge is 0.284 e. The van der Waals surface area contributed by atoms with E-state index in [0.717, 1.165) is 6.26 Å². The molecule has 136 valence electrons. The molecule has 0 saturated carbocycles. The Morgan fingerprint density at radius 3 is 1.64 bits per heavy atom. The summed E-state index contributed by atoms with van der Waals surface area (Å²) in [6.45, 7) is 0. The molecule has 13 heteroatoms. The Hall–Kier alpha value is -0.280. The zero-order valence-electron chi connectivity index (χ0n) is 12.1. The van der Waals surface area contributed by atoms with Gasteiger partial charge in [-0.25, -0.2) is 23.4 Å². The number of nitrogens with one attached hydrogen (secondary N) is 1. The first-order chi connectivity index (χ1) is 11.3. The molecule has 0 bridgehead atoms. The van der Waals surface area contributed by atoms with Crippen molar-refractivity contribution in [3.05, 3.63) is 35.9 Å². The van der Waals surface area contributed by atoms with Gasteiger partial charge in [0.1, 0.15) is 0 Å². The number of alkyl halides is 6. The summed E-state index contributed by atoms with van der Waals surface area (Å²) >= 11 is 34.9.